The number of hydrogen-bond donors (Lipinski definition) is 2. The molecule has 2 rings (SSSR count). The average molecular weight is 410 g/mol. The van der Waals surface area contributed by atoms with E-state index in [0.29, 0.717) is 11.4 Å². The number of amides is 2. The maximum absolute atomic E-state index is 11.9. The first kappa shape index (κ1) is 16.3. The van der Waals surface area contributed by atoms with Gasteiger partial charge in [-0.1, -0.05) is 18.2 Å². The van der Waals surface area contributed by atoms with E-state index in [0.717, 1.165) is 9.26 Å². The molecule has 0 unspecified atom stereocenters. The minimum absolute atomic E-state index is 0.137. The third-order valence-electron chi connectivity index (χ3n) is 2.66. The third-order valence-corrected chi connectivity index (χ3v) is 3.34. The van der Waals surface area contributed by atoms with Crippen molar-refractivity contribution in [3.05, 3.63) is 52.1 Å². The van der Waals surface area contributed by atoms with Crippen LogP contribution in [-0.4, -0.2) is 18.4 Å². The van der Waals surface area contributed by atoms with Crippen LogP contribution in [0.3, 0.4) is 0 Å². The highest BCUT2D eigenvalue weighted by Gasteiger charge is 2.08. The van der Waals surface area contributed by atoms with E-state index < -0.39 is 0 Å². The number of carbonyl (C=O) groups is 2. The second kappa shape index (κ2) is 7.79. The largest absolute Gasteiger partial charge is 0.482 e. The molecular formula is C16H15IN2O3. The Labute approximate surface area is 142 Å². The van der Waals surface area contributed by atoms with Gasteiger partial charge in [0.15, 0.2) is 6.61 Å². The summed E-state index contributed by atoms with van der Waals surface area (Å²) in [6, 6.07) is 14.5. The maximum Gasteiger partial charge on any atom is 0.262 e. The Hall–Kier alpha value is -2.09. The number of para-hydroxylation sites is 2. The van der Waals surface area contributed by atoms with Gasteiger partial charge in [-0.15, -0.1) is 0 Å². The molecule has 0 saturated heterocycles. The van der Waals surface area contributed by atoms with E-state index in [1.54, 1.807) is 24.3 Å². The first-order chi connectivity index (χ1) is 10.5. The Balaban J connectivity index is 1.95. The van der Waals surface area contributed by atoms with Crippen molar-refractivity contribution < 1.29 is 14.3 Å². The van der Waals surface area contributed by atoms with Crippen LogP contribution in [0.25, 0.3) is 0 Å². The summed E-state index contributed by atoms with van der Waals surface area (Å²) in [5.41, 5.74) is 1.26. The minimum Gasteiger partial charge on any atom is -0.482 e. The average Bonchev–Trinajstić information content (AvgIpc) is 2.46. The molecular weight excluding hydrogens is 395 g/mol. The van der Waals surface area contributed by atoms with Gasteiger partial charge in [-0.05, 0) is 52.9 Å². The number of benzene rings is 2. The van der Waals surface area contributed by atoms with Gasteiger partial charge >= 0.3 is 0 Å². The Morgan fingerprint density at radius 1 is 1.09 bits per heavy atom. The normalized spacial score (nSPS) is 9.91. The van der Waals surface area contributed by atoms with Crippen molar-refractivity contribution in [2.24, 2.45) is 0 Å². The molecule has 0 aromatic heterocycles. The Kier molecular flexibility index (Phi) is 5.76. The van der Waals surface area contributed by atoms with Crippen LogP contribution in [0.5, 0.6) is 5.75 Å². The molecule has 2 N–H and O–H groups in total. The molecule has 22 heavy (non-hydrogen) atoms. The molecule has 0 saturated carbocycles. The van der Waals surface area contributed by atoms with Crippen LogP contribution in [0.4, 0.5) is 11.4 Å². The van der Waals surface area contributed by atoms with Crippen LogP contribution >= 0.6 is 22.6 Å². The molecule has 0 bridgehead atoms. The van der Waals surface area contributed by atoms with Gasteiger partial charge < -0.3 is 15.4 Å². The summed E-state index contributed by atoms with van der Waals surface area (Å²) in [6.07, 6.45) is 0. The SMILES string of the molecule is CC(=O)Nc1ccccc1OCC(=O)Nc1cccc(I)c1. The fourth-order valence-corrected chi connectivity index (χ4v) is 2.34. The monoisotopic (exact) mass is 410 g/mol. The summed E-state index contributed by atoms with van der Waals surface area (Å²) in [5.74, 6) is -0.00511. The van der Waals surface area contributed by atoms with Crippen molar-refractivity contribution in [2.75, 3.05) is 17.2 Å². The van der Waals surface area contributed by atoms with Crippen molar-refractivity contribution in [3.8, 4) is 5.75 Å². The van der Waals surface area contributed by atoms with Crippen molar-refractivity contribution in [3.63, 3.8) is 0 Å². The second-order valence-electron chi connectivity index (χ2n) is 4.52. The highest BCUT2D eigenvalue weighted by Crippen LogP contribution is 2.23. The molecule has 6 heteroatoms. The number of anilines is 2. The Morgan fingerprint density at radius 2 is 1.86 bits per heavy atom. The topological polar surface area (TPSA) is 67.4 Å². The van der Waals surface area contributed by atoms with E-state index in [-0.39, 0.29) is 18.4 Å². The molecule has 0 aliphatic heterocycles. The molecule has 0 spiro atoms. The molecule has 2 aromatic carbocycles. The standard InChI is InChI=1S/C16H15IN2O3/c1-11(20)18-14-7-2-3-8-15(14)22-10-16(21)19-13-6-4-5-12(17)9-13/h2-9H,10H2,1H3,(H,18,20)(H,19,21). The fourth-order valence-electron chi connectivity index (χ4n) is 1.79. The molecule has 2 amide bonds. The minimum atomic E-state index is -0.264. The lowest BCUT2D eigenvalue weighted by Gasteiger charge is -2.11. The first-order valence-electron chi connectivity index (χ1n) is 6.59. The molecule has 5 nitrogen and oxygen atoms in total. The van der Waals surface area contributed by atoms with Crippen LogP contribution in [0, 0.1) is 3.57 Å². The molecule has 0 radical (unpaired) electrons. The number of carbonyl (C=O) groups excluding carboxylic acids is 2. The molecule has 0 aliphatic rings. The van der Waals surface area contributed by atoms with E-state index in [2.05, 4.69) is 33.2 Å². The third kappa shape index (κ3) is 5.03. The molecule has 114 valence electrons. The van der Waals surface area contributed by atoms with Gasteiger partial charge in [-0.3, -0.25) is 9.59 Å². The van der Waals surface area contributed by atoms with E-state index in [9.17, 15) is 9.59 Å². The molecule has 2 aromatic rings. The smallest absolute Gasteiger partial charge is 0.262 e. The lowest BCUT2D eigenvalue weighted by Crippen LogP contribution is -2.20. The molecule has 0 heterocycles. The van der Waals surface area contributed by atoms with Gasteiger partial charge in [0.1, 0.15) is 5.75 Å². The van der Waals surface area contributed by atoms with E-state index in [4.69, 9.17) is 4.74 Å². The van der Waals surface area contributed by atoms with Crippen LogP contribution in [0.1, 0.15) is 6.92 Å². The van der Waals surface area contributed by atoms with Gasteiger partial charge in [-0.25, -0.2) is 0 Å². The molecule has 0 atom stereocenters. The fraction of sp³-hybridized carbons (Fsp3) is 0.125. The van der Waals surface area contributed by atoms with Crippen LogP contribution in [0.2, 0.25) is 0 Å². The van der Waals surface area contributed by atoms with Crippen molar-refractivity contribution >= 4 is 45.8 Å². The maximum atomic E-state index is 11.9. The summed E-state index contributed by atoms with van der Waals surface area (Å²) in [6.45, 7) is 1.28. The number of nitrogens with one attached hydrogen (secondary N) is 2. The van der Waals surface area contributed by atoms with Crippen molar-refractivity contribution in [1.82, 2.24) is 0 Å². The van der Waals surface area contributed by atoms with E-state index >= 15 is 0 Å². The Morgan fingerprint density at radius 3 is 2.59 bits per heavy atom. The van der Waals surface area contributed by atoms with Gasteiger partial charge in [-0.2, -0.15) is 0 Å². The lowest BCUT2D eigenvalue weighted by atomic mass is 10.3. The highest BCUT2D eigenvalue weighted by molar-refractivity contribution is 14.1. The first-order valence-corrected chi connectivity index (χ1v) is 7.67. The lowest BCUT2D eigenvalue weighted by molar-refractivity contribution is -0.118. The number of rotatable bonds is 5. The zero-order valence-electron chi connectivity index (χ0n) is 11.9. The van der Waals surface area contributed by atoms with Gasteiger partial charge in [0.05, 0.1) is 5.69 Å². The molecule has 0 fully saturated rings. The van der Waals surface area contributed by atoms with Crippen LogP contribution in [-0.2, 0) is 9.59 Å². The summed E-state index contributed by atoms with van der Waals surface area (Å²) >= 11 is 2.18. The zero-order chi connectivity index (χ0) is 15.9. The summed E-state index contributed by atoms with van der Waals surface area (Å²) in [4.78, 5) is 23.0. The number of hydrogen-bond acceptors (Lipinski definition) is 3. The summed E-state index contributed by atoms with van der Waals surface area (Å²) < 4.78 is 6.51. The second-order valence-corrected chi connectivity index (χ2v) is 5.77. The summed E-state index contributed by atoms with van der Waals surface area (Å²) in [5, 5.41) is 5.41. The highest BCUT2D eigenvalue weighted by atomic mass is 127. The van der Waals surface area contributed by atoms with Gasteiger partial charge in [0.2, 0.25) is 5.91 Å². The van der Waals surface area contributed by atoms with Gasteiger partial charge in [0.25, 0.3) is 5.91 Å². The number of halogens is 1. The molecule has 0 aliphatic carbocycles. The van der Waals surface area contributed by atoms with E-state index in [1.165, 1.54) is 6.92 Å². The Bertz CT molecular complexity index is 689. The predicted molar refractivity (Wildman–Crippen MR) is 94.0 cm³/mol. The zero-order valence-corrected chi connectivity index (χ0v) is 14.1. The van der Waals surface area contributed by atoms with Gasteiger partial charge in [0, 0.05) is 16.2 Å². The predicted octanol–water partition coefficient (Wildman–Crippen LogP) is 3.27. The van der Waals surface area contributed by atoms with Crippen molar-refractivity contribution in [2.45, 2.75) is 6.92 Å². The quantitative estimate of drug-likeness (QED) is 0.744. The van der Waals surface area contributed by atoms with Crippen LogP contribution < -0.4 is 15.4 Å². The number of ether oxygens (including phenoxy) is 1. The van der Waals surface area contributed by atoms with Crippen LogP contribution in [0.15, 0.2) is 48.5 Å². The van der Waals surface area contributed by atoms with E-state index in [1.807, 2.05) is 24.3 Å². The van der Waals surface area contributed by atoms with Crippen molar-refractivity contribution in [1.29, 1.82) is 0 Å². The summed E-state index contributed by atoms with van der Waals surface area (Å²) in [7, 11) is 0.